The van der Waals surface area contributed by atoms with Crippen molar-refractivity contribution < 1.29 is 20.1 Å². The second kappa shape index (κ2) is 17.3. The third-order valence-corrected chi connectivity index (χ3v) is 10.3. The van der Waals surface area contributed by atoms with Crippen LogP contribution in [0.1, 0.15) is 33.4 Å². The van der Waals surface area contributed by atoms with Crippen LogP contribution in [0.4, 0.5) is 11.4 Å². The molecule has 4 heteroatoms. The first-order chi connectivity index (χ1) is 20.3. The van der Waals surface area contributed by atoms with Crippen LogP contribution in [-0.2, 0) is 20.1 Å². The van der Waals surface area contributed by atoms with Crippen LogP contribution in [0.15, 0.2) is 128 Å². The number of benzene rings is 5. The van der Waals surface area contributed by atoms with Gasteiger partial charge in [-0.25, -0.2) is 0 Å². The van der Waals surface area contributed by atoms with E-state index in [4.69, 9.17) is 0 Å². The summed E-state index contributed by atoms with van der Waals surface area (Å²) in [5, 5.41) is 4.31. The van der Waals surface area contributed by atoms with Gasteiger partial charge in [-0.15, -0.1) is 6.67 Å². The van der Waals surface area contributed by atoms with Gasteiger partial charge in [0.15, 0.2) is 0 Å². The normalized spacial score (nSPS) is 11.6. The zero-order valence-electron chi connectivity index (χ0n) is 27.9. The van der Waals surface area contributed by atoms with E-state index in [1.807, 2.05) is 0 Å². The largest absolute Gasteiger partial charge is 0.479 e. The monoisotopic (exact) mass is 791 g/mol. The van der Waals surface area contributed by atoms with Crippen LogP contribution in [-0.4, -0.2) is 0 Å². The van der Waals surface area contributed by atoms with Crippen LogP contribution in [0, 0.1) is 63.1 Å². The van der Waals surface area contributed by atoms with E-state index < -0.39 is 7.92 Å². The molecule has 0 saturated carbocycles. The smallest absolute Gasteiger partial charge is 0.102 e. The van der Waals surface area contributed by atoms with Crippen molar-refractivity contribution in [2.24, 2.45) is 0 Å². The first-order valence-corrected chi connectivity index (χ1v) is 16.1. The number of hydrogen-bond acceptors (Lipinski definition) is 2. The summed E-state index contributed by atoms with van der Waals surface area (Å²) in [5.41, 5.74) is 10.4. The summed E-state index contributed by atoms with van der Waals surface area (Å²) in [7, 11) is -0.877. The van der Waals surface area contributed by atoms with Gasteiger partial charge in [0.1, 0.15) is 15.9 Å². The molecule has 0 bridgehead atoms. The average Bonchev–Trinajstić information content (AvgIpc) is 3.43. The maximum atomic E-state index is 2.25. The molecule has 1 heterocycles. The topological polar surface area (TPSA) is 6.48 Å². The Kier molecular flexibility index (Phi) is 14.5. The van der Waals surface area contributed by atoms with Gasteiger partial charge in [0, 0.05) is 31.5 Å². The summed E-state index contributed by atoms with van der Waals surface area (Å²) >= 11 is 0. The zero-order valence-corrected chi connectivity index (χ0v) is 31.3. The van der Waals surface area contributed by atoms with Crippen LogP contribution < -0.4 is 25.7 Å². The van der Waals surface area contributed by atoms with Gasteiger partial charge in [0.25, 0.3) is 0 Å². The summed E-state index contributed by atoms with van der Waals surface area (Å²) in [6.45, 7) is 15.2. The Balaban J connectivity index is 0.000000298. The van der Waals surface area contributed by atoms with Crippen molar-refractivity contribution in [3.63, 3.8) is 0 Å². The molecule has 0 aromatic heterocycles. The van der Waals surface area contributed by atoms with Gasteiger partial charge in [-0.05, 0) is 113 Å². The molecule has 45 heavy (non-hydrogen) atoms. The Labute approximate surface area is 287 Å². The minimum atomic E-state index is -0.877. The quantitative estimate of drug-likeness (QED) is 0.129. The summed E-state index contributed by atoms with van der Waals surface area (Å²) < 4.78 is 0. The number of aryl methyl sites for hydroxylation is 6. The molecule has 0 saturated heterocycles. The molecule has 5 aromatic carbocycles. The van der Waals surface area contributed by atoms with E-state index in [9.17, 15) is 0 Å². The van der Waals surface area contributed by atoms with Crippen LogP contribution in [0.25, 0.3) is 0 Å². The minimum absolute atomic E-state index is 0. The van der Waals surface area contributed by atoms with Gasteiger partial charge in [-0.3, -0.25) is 0 Å². The SMILES string of the molecule is Cc1cc(C)c(N2C=CN(c3c(C)cc(C)cc3C)[CH-]2)c(C)c1.[CH3-].[CH3-].[Ir].c1ccc([PH+](c2ccccc2)c2ccccc2)cc1. The van der Waals surface area contributed by atoms with Gasteiger partial charge in [-0.2, -0.15) is 0 Å². The molecular formula is C41H47IrN2P-2. The fourth-order valence-electron chi connectivity index (χ4n) is 6.09. The summed E-state index contributed by atoms with van der Waals surface area (Å²) in [4.78, 5) is 4.45. The Morgan fingerprint density at radius 3 is 0.978 bits per heavy atom. The molecule has 237 valence electrons. The molecule has 0 fully saturated rings. The first-order valence-electron chi connectivity index (χ1n) is 14.6. The van der Waals surface area contributed by atoms with E-state index in [2.05, 4.69) is 186 Å². The molecule has 5 aromatic rings. The fraction of sp³-hybridized carbons (Fsp3) is 0.146. The van der Waals surface area contributed by atoms with Gasteiger partial charge in [0.2, 0.25) is 0 Å². The second-order valence-electron chi connectivity index (χ2n) is 11.2. The van der Waals surface area contributed by atoms with Gasteiger partial charge >= 0.3 is 0 Å². The third kappa shape index (κ3) is 9.05. The summed E-state index contributed by atoms with van der Waals surface area (Å²) in [6, 6.07) is 41.5. The molecule has 1 radical (unpaired) electrons. The van der Waals surface area contributed by atoms with E-state index in [0.717, 1.165) is 0 Å². The zero-order chi connectivity index (χ0) is 29.6. The van der Waals surface area contributed by atoms with E-state index in [1.165, 1.54) is 60.7 Å². The van der Waals surface area contributed by atoms with Crippen molar-refractivity contribution in [2.45, 2.75) is 41.5 Å². The van der Waals surface area contributed by atoms with Crippen LogP contribution in [0.5, 0.6) is 0 Å². The Hall–Kier alpha value is -3.48. The Morgan fingerprint density at radius 2 is 0.711 bits per heavy atom. The molecule has 1 aliphatic rings. The predicted octanol–water partition coefficient (Wildman–Crippen LogP) is 9.53. The first kappa shape index (κ1) is 37.7. The second-order valence-corrected chi connectivity index (χ2v) is 13.7. The van der Waals surface area contributed by atoms with E-state index >= 15 is 0 Å². The molecule has 6 rings (SSSR count). The predicted molar refractivity (Wildman–Crippen MR) is 199 cm³/mol. The van der Waals surface area contributed by atoms with Crippen molar-refractivity contribution in [2.75, 3.05) is 9.80 Å². The molecular weight excluding hydrogens is 744 g/mol. The molecule has 0 amide bonds. The molecule has 0 aliphatic carbocycles. The molecule has 0 unspecified atom stereocenters. The minimum Gasteiger partial charge on any atom is -0.479 e. The maximum Gasteiger partial charge on any atom is 0.102 e. The maximum absolute atomic E-state index is 2.25. The van der Waals surface area contributed by atoms with Gasteiger partial charge in [-0.1, -0.05) is 90.0 Å². The average molecular weight is 791 g/mol. The number of anilines is 2. The standard InChI is InChI=1S/C21H25N2.C18H15P.2CH3.Ir/c1-14-9-16(3)20(17(4)10-14)22-7-8-23(13-22)21-18(5)11-15(2)12-19(21)6;1-4-10-16(11-5-1)19(17-12-6-2-7-13-17)18-14-8-3-9-15-18;;;/h7-13H,1-6H3;1-15H;2*1H3;/q-1;;2*-1;/p+1. The molecule has 1 aliphatic heterocycles. The van der Waals surface area contributed by atoms with Crippen molar-refractivity contribution >= 4 is 35.2 Å². The van der Waals surface area contributed by atoms with Crippen LogP contribution >= 0.6 is 7.92 Å². The Morgan fingerprint density at radius 1 is 0.444 bits per heavy atom. The van der Waals surface area contributed by atoms with Crippen LogP contribution in [0.3, 0.4) is 0 Å². The number of rotatable bonds is 5. The molecule has 0 atom stereocenters. The fourth-order valence-corrected chi connectivity index (χ4v) is 8.67. The van der Waals surface area contributed by atoms with Crippen molar-refractivity contribution in [1.29, 1.82) is 0 Å². The van der Waals surface area contributed by atoms with Crippen LogP contribution in [0.2, 0.25) is 0 Å². The molecule has 0 spiro atoms. The van der Waals surface area contributed by atoms with Gasteiger partial charge < -0.3 is 24.7 Å². The third-order valence-electron chi connectivity index (χ3n) is 7.61. The van der Waals surface area contributed by atoms with Crippen molar-refractivity contribution in [1.82, 2.24) is 0 Å². The van der Waals surface area contributed by atoms with E-state index in [-0.39, 0.29) is 35.0 Å². The number of nitrogens with zero attached hydrogens (tertiary/aromatic N) is 2. The molecule has 0 N–H and O–H groups in total. The summed E-state index contributed by atoms with van der Waals surface area (Å²) in [5.74, 6) is 0. The number of hydrogen-bond donors (Lipinski definition) is 0. The molecule has 2 nitrogen and oxygen atoms in total. The van der Waals surface area contributed by atoms with Crippen molar-refractivity contribution in [3.8, 4) is 0 Å². The van der Waals surface area contributed by atoms with E-state index in [0.29, 0.717) is 0 Å². The Bertz CT molecular complexity index is 1460. The van der Waals surface area contributed by atoms with E-state index in [1.54, 1.807) is 0 Å². The van der Waals surface area contributed by atoms with Crippen molar-refractivity contribution in [3.05, 3.63) is 183 Å². The van der Waals surface area contributed by atoms with Gasteiger partial charge in [0.05, 0.1) is 7.92 Å². The summed E-state index contributed by atoms with van der Waals surface area (Å²) in [6.07, 6.45) is 4.28.